The van der Waals surface area contributed by atoms with Gasteiger partial charge in [-0.3, -0.25) is 0 Å². The number of aryl methyl sites for hydroxylation is 1. The topological polar surface area (TPSA) is 25.2 Å². The van der Waals surface area contributed by atoms with Crippen molar-refractivity contribution >= 4 is 44.2 Å². The number of thioether (sulfide) groups is 1. The lowest BCUT2D eigenvalue weighted by Gasteiger charge is -2.10. The molecule has 0 saturated heterocycles. The van der Waals surface area contributed by atoms with E-state index in [-0.39, 0.29) is 0 Å². The second-order valence-corrected chi connectivity index (χ2v) is 8.63. The van der Waals surface area contributed by atoms with Gasteiger partial charge in [0.1, 0.15) is 5.75 Å². The Labute approximate surface area is 165 Å². The molecule has 0 unspecified atom stereocenters. The highest BCUT2D eigenvalue weighted by molar-refractivity contribution is 9.11. The molecule has 1 aromatic carbocycles. The van der Waals surface area contributed by atoms with Crippen LogP contribution in [0.25, 0.3) is 16.5 Å². The van der Waals surface area contributed by atoms with Gasteiger partial charge < -0.3 is 9.67 Å². The Hall–Kier alpha value is -1.13. The number of rotatable bonds is 4. The third-order valence-corrected chi connectivity index (χ3v) is 5.80. The second-order valence-electron chi connectivity index (χ2n) is 6.75. The minimum absolute atomic E-state index is 0.335. The first-order chi connectivity index (χ1) is 11.6. The van der Waals surface area contributed by atoms with E-state index in [2.05, 4.69) is 75.0 Å². The van der Waals surface area contributed by atoms with Crippen LogP contribution in [0.1, 0.15) is 45.9 Å². The first kappa shape index (κ1) is 21.9. The lowest BCUT2D eigenvalue weighted by Crippen LogP contribution is -1.97. The molecule has 2 rings (SSSR count). The Morgan fingerprint density at radius 1 is 1.28 bits per heavy atom. The van der Waals surface area contributed by atoms with Crippen molar-refractivity contribution in [3.05, 3.63) is 46.1 Å². The highest BCUT2D eigenvalue weighted by Gasteiger charge is 2.16. The maximum absolute atomic E-state index is 9.74. The summed E-state index contributed by atoms with van der Waals surface area (Å²) in [5.74, 6) is 1.87. The summed E-state index contributed by atoms with van der Waals surface area (Å²) in [5, 5.41) is 10.9. The monoisotopic (exact) mass is 423 g/mol. The fraction of sp³-hybridized carbons (Fsp3) is 0.429. The highest BCUT2D eigenvalue weighted by atomic mass is 79.9. The van der Waals surface area contributed by atoms with E-state index in [1.165, 1.54) is 27.9 Å². The Kier molecular flexibility index (Phi) is 8.36. The van der Waals surface area contributed by atoms with Crippen LogP contribution in [0.5, 0.6) is 5.75 Å². The van der Waals surface area contributed by atoms with E-state index in [1.54, 1.807) is 6.07 Å². The van der Waals surface area contributed by atoms with Gasteiger partial charge in [-0.1, -0.05) is 41.9 Å². The molecule has 1 N–H and O–H groups in total. The summed E-state index contributed by atoms with van der Waals surface area (Å²) in [6.45, 7) is 14.3. The molecule has 0 bridgehead atoms. The fourth-order valence-corrected chi connectivity index (χ4v) is 3.09. The summed E-state index contributed by atoms with van der Waals surface area (Å²) in [6, 6.07) is 5.63. The van der Waals surface area contributed by atoms with Crippen LogP contribution >= 0.6 is 27.7 Å². The van der Waals surface area contributed by atoms with Crippen LogP contribution in [0.2, 0.25) is 0 Å². The maximum Gasteiger partial charge on any atom is 0.116 e. The number of allylic oxidation sites excluding steroid dienone is 3. The highest BCUT2D eigenvalue weighted by Crippen LogP contribution is 2.35. The van der Waals surface area contributed by atoms with Gasteiger partial charge in [0.25, 0.3) is 0 Å². The van der Waals surface area contributed by atoms with Crippen LogP contribution in [0.3, 0.4) is 0 Å². The van der Waals surface area contributed by atoms with E-state index in [0.717, 1.165) is 15.6 Å². The first-order valence-electron chi connectivity index (χ1n) is 8.39. The predicted molar refractivity (Wildman–Crippen MR) is 119 cm³/mol. The van der Waals surface area contributed by atoms with Crippen molar-refractivity contribution in [2.45, 2.75) is 40.4 Å². The van der Waals surface area contributed by atoms with E-state index in [9.17, 15) is 5.11 Å². The van der Waals surface area contributed by atoms with E-state index in [0.29, 0.717) is 11.7 Å². The Balaban J connectivity index is 0.000000450. The van der Waals surface area contributed by atoms with Gasteiger partial charge in [-0.2, -0.15) is 11.8 Å². The van der Waals surface area contributed by atoms with Crippen molar-refractivity contribution in [1.82, 2.24) is 4.57 Å². The van der Waals surface area contributed by atoms with Crippen molar-refractivity contribution in [3.63, 3.8) is 0 Å². The average Bonchev–Trinajstić information content (AvgIpc) is 2.79. The van der Waals surface area contributed by atoms with Crippen LogP contribution in [0, 0.1) is 5.92 Å². The van der Waals surface area contributed by atoms with Crippen LogP contribution in [-0.4, -0.2) is 15.9 Å². The van der Waals surface area contributed by atoms with Gasteiger partial charge >= 0.3 is 0 Å². The fourth-order valence-electron chi connectivity index (χ4n) is 2.51. The quantitative estimate of drug-likeness (QED) is 0.566. The molecule has 2 aromatic rings. The molecule has 0 fully saturated rings. The third kappa shape index (κ3) is 5.42. The number of fused-ring (bicyclic) bond motifs is 1. The van der Waals surface area contributed by atoms with Gasteiger partial charge in [0.05, 0.1) is 0 Å². The molecule has 2 nitrogen and oxygen atoms in total. The Morgan fingerprint density at radius 2 is 1.84 bits per heavy atom. The number of nitrogens with zero attached hydrogens (tertiary/aromatic N) is 1. The van der Waals surface area contributed by atoms with Crippen LogP contribution in [0.4, 0.5) is 0 Å². The number of hydrogen-bond donors (Lipinski definition) is 1. The third-order valence-electron chi connectivity index (χ3n) is 4.31. The summed E-state index contributed by atoms with van der Waals surface area (Å²) in [4.78, 5) is 0. The molecule has 4 heteroatoms. The van der Waals surface area contributed by atoms with Crippen molar-refractivity contribution in [1.29, 1.82) is 0 Å². The van der Waals surface area contributed by atoms with E-state index in [1.807, 2.05) is 23.9 Å². The number of halogens is 1. The molecule has 0 atom stereocenters. The lowest BCUT2D eigenvalue weighted by molar-refractivity contribution is 0.476. The Bertz CT molecular complexity index is 783. The molecular weight excluding hydrogens is 394 g/mol. The van der Waals surface area contributed by atoms with Gasteiger partial charge in [-0.15, -0.1) is 0 Å². The summed E-state index contributed by atoms with van der Waals surface area (Å²) in [6.07, 6.45) is 2.11. The molecule has 1 aromatic heterocycles. The zero-order chi connectivity index (χ0) is 19.3. The smallest absolute Gasteiger partial charge is 0.116 e. The van der Waals surface area contributed by atoms with Gasteiger partial charge in [0, 0.05) is 29.4 Å². The van der Waals surface area contributed by atoms with E-state index >= 15 is 0 Å². The zero-order valence-electron chi connectivity index (χ0n) is 16.4. The molecule has 0 saturated carbocycles. The largest absolute Gasteiger partial charge is 0.508 e. The van der Waals surface area contributed by atoms with Crippen molar-refractivity contribution < 1.29 is 5.11 Å². The minimum Gasteiger partial charge on any atom is -0.508 e. The molecule has 0 aliphatic carbocycles. The summed E-state index contributed by atoms with van der Waals surface area (Å²) < 4.78 is 3.31. The van der Waals surface area contributed by atoms with Gasteiger partial charge in [0.2, 0.25) is 0 Å². The van der Waals surface area contributed by atoms with Gasteiger partial charge in [-0.25, -0.2) is 0 Å². The normalized spacial score (nSPS) is 10.6. The molecule has 138 valence electrons. The molecule has 1 heterocycles. The summed E-state index contributed by atoms with van der Waals surface area (Å²) in [7, 11) is 2.10. The standard InChI is InChI=1S/C16H21NOS.C5H9Br/c1-10(2)11(3)16-14(9-19-5)13-8-12(18)6-7-15(13)17(16)4;1-4(2)5(3)6/h6-8,18H,9H2,1-5H3;4H,3H2,1-2H3. The van der Waals surface area contributed by atoms with E-state index in [4.69, 9.17) is 0 Å². The van der Waals surface area contributed by atoms with Gasteiger partial charge in [-0.05, 0) is 66.8 Å². The van der Waals surface area contributed by atoms with Crippen LogP contribution in [-0.2, 0) is 12.8 Å². The summed E-state index contributed by atoms with van der Waals surface area (Å²) in [5.41, 5.74) is 6.44. The molecule has 25 heavy (non-hydrogen) atoms. The van der Waals surface area contributed by atoms with Crippen molar-refractivity contribution in [3.8, 4) is 5.75 Å². The van der Waals surface area contributed by atoms with Crippen molar-refractivity contribution in [2.75, 3.05) is 6.26 Å². The molecular formula is C21H30BrNOS. The zero-order valence-corrected chi connectivity index (χ0v) is 18.8. The number of phenols is 1. The van der Waals surface area contributed by atoms with Crippen LogP contribution in [0.15, 0.2) is 34.8 Å². The second kappa shape index (κ2) is 9.54. The van der Waals surface area contributed by atoms with Crippen molar-refractivity contribution in [2.24, 2.45) is 13.0 Å². The number of hydrogen-bond acceptors (Lipinski definition) is 2. The number of benzene rings is 1. The lowest BCUT2D eigenvalue weighted by atomic mass is 10.0. The van der Waals surface area contributed by atoms with Gasteiger partial charge in [0.15, 0.2) is 0 Å². The average molecular weight is 424 g/mol. The molecule has 0 aliphatic rings. The number of aromatic hydroxyl groups is 1. The summed E-state index contributed by atoms with van der Waals surface area (Å²) >= 11 is 5.06. The SMILES string of the molecule is C=C(Br)C(C)C.CSCc1c(C(C)=C(C)C)n(C)c2ccc(O)cc12. The van der Waals surface area contributed by atoms with Crippen LogP contribution < -0.4 is 0 Å². The molecule has 0 amide bonds. The number of aromatic nitrogens is 1. The Morgan fingerprint density at radius 3 is 2.28 bits per heavy atom. The molecule has 0 spiro atoms. The molecule has 0 aliphatic heterocycles. The predicted octanol–water partition coefficient (Wildman–Crippen LogP) is 7.11. The molecule has 0 radical (unpaired) electrons. The number of phenolic OH excluding ortho intramolecular Hbond substituents is 1. The minimum atomic E-state index is 0.335. The first-order valence-corrected chi connectivity index (χ1v) is 10.6. The van der Waals surface area contributed by atoms with E-state index < -0.39 is 0 Å². The maximum atomic E-state index is 9.74.